The highest BCUT2D eigenvalue weighted by Crippen LogP contribution is 2.70. The van der Waals surface area contributed by atoms with E-state index in [4.69, 9.17) is 47.0 Å². The summed E-state index contributed by atoms with van der Waals surface area (Å²) >= 11 is 0. The van der Waals surface area contributed by atoms with Crippen LogP contribution in [0.4, 0.5) is 0 Å². The number of carbonyl (C=O) groups excluding carboxylic acids is 8. The van der Waals surface area contributed by atoms with Gasteiger partial charge in [0.1, 0.15) is 42.0 Å². The summed E-state index contributed by atoms with van der Waals surface area (Å²) in [6.45, 7) is 7.02. The number of rotatable bonds is 8. The standard InChI is InChI=1S/C41H47NO19/c1-19-13-14-26-25(11-9-15-42-26)36(49)54-17-38(7)28-29(55-21(3)44)33(57-23(5)46)40(18-53-20(2)43)34(58-24(6)47)30(59-37(50)27-12-10-16-52-27)32(60-35(19)48)39(8,51)41(40,61-38)31(28)56-22(4)45/h9-12,15-16,19,28-34,51H,13-14,17-18H2,1-8H3/t19?,28?,29-,30+,31-,32+,33-,34+,38+,39+,40-,41?/m1/s1. The van der Waals surface area contributed by atoms with Gasteiger partial charge in [-0.2, -0.15) is 0 Å². The lowest BCUT2D eigenvalue weighted by Gasteiger charge is -2.67. The number of hydrogen-bond acceptors (Lipinski definition) is 20. The number of hydrogen-bond donors (Lipinski definition) is 1. The van der Waals surface area contributed by atoms with Crippen molar-refractivity contribution in [3.63, 3.8) is 0 Å². The molecule has 61 heavy (non-hydrogen) atoms. The zero-order valence-electron chi connectivity index (χ0n) is 34.7. The maximum Gasteiger partial charge on any atom is 0.374 e. The number of aromatic nitrogens is 1. The predicted octanol–water partition coefficient (Wildman–Crippen LogP) is 1.75. The molecule has 1 N–H and O–H groups in total. The highest BCUT2D eigenvalue weighted by Gasteiger charge is 2.92. The van der Waals surface area contributed by atoms with Crippen molar-refractivity contribution < 1.29 is 90.5 Å². The summed E-state index contributed by atoms with van der Waals surface area (Å²) in [5.41, 5.74) is -10.2. The summed E-state index contributed by atoms with van der Waals surface area (Å²) < 4.78 is 60.2. The van der Waals surface area contributed by atoms with E-state index in [9.17, 15) is 43.5 Å². The number of pyridine rings is 1. The van der Waals surface area contributed by atoms with Crippen molar-refractivity contribution in [2.24, 2.45) is 17.3 Å². The molecule has 20 heteroatoms. The summed E-state index contributed by atoms with van der Waals surface area (Å²) in [6, 6.07) is 5.53. The first-order valence-electron chi connectivity index (χ1n) is 19.4. The number of aryl methyl sites for hydroxylation is 1. The van der Waals surface area contributed by atoms with Crippen LogP contribution in [0.15, 0.2) is 41.1 Å². The van der Waals surface area contributed by atoms with Crippen molar-refractivity contribution in [3.05, 3.63) is 53.7 Å². The molecule has 1 saturated heterocycles. The largest absolute Gasteiger partial charge is 0.465 e. The van der Waals surface area contributed by atoms with Gasteiger partial charge in [0.2, 0.25) is 5.76 Å². The molecule has 3 fully saturated rings. The fourth-order valence-electron chi connectivity index (χ4n) is 9.54. The van der Waals surface area contributed by atoms with Crippen LogP contribution in [-0.4, -0.2) is 124 Å². The van der Waals surface area contributed by atoms with Gasteiger partial charge < -0.3 is 52.2 Å². The van der Waals surface area contributed by atoms with Gasteiger partial charge in [0.25, 0.3) is 0 Å². The van der Waals surface area contributed by atoms with Crippen LogP contribution in [0.2, 0.25) is 0 Å². The van der Waals surface area contributed by atoms with Gasteiger partial charge in [-0.25, -0.2) is 9.59 Å². The van der Waals surface area contributed by atoms with Gasteiger partial charge >= 0.3 is 47.8 Å². The molecule has 20 nitrogen and oxygen atoms in total. The van der Waals surface area contributed by atoms with Crippen LogP contribution >= 0.6 is 0 Å². The van der Waals surface area contributed by atoms with Crippen molar-refractivity contribution in [1.82, 2.24) is 4.98 Å². The number of esters is 8. The molecular weight excluding hydrogens is 810 g/mol. The third-order valence-electron chi connectivity index (χ3n) is 11.8. The molecule has 4 aliphatic rings. The topological polar surface area (TPSA) is 266 Å². The Bertz CT molecular complexity index is 2100. The van der Waals surface area contributed by atoms with Crippen molar-refractivity contribution >= 4 is 47.8 Å². The van der Waals surface area contributed by atoms with Crippen molar-refractivity contribution in [3.8, 4) is 0 Å². The van der Waals surface area contributed by atoms with E-state index < -0.39 is 137 Å². The number of carbonyl (C=O) groups is 8. The normalized spacial score (nSPS) is 35.4. The van der Waals surface area contributed by atoms with E-state index >= 15 is 0 Å². The van der Waals surface area contributed by atoms with Gasteiger partial charge in [-0.05, 0) is 51.0 Å². The molecule has 12 atom stereocenters. The minimum Gasteiger partial charge on any atom is -0.465 e. The Labute approximate surface area is 348 Å². The Kier molecular flexibility index (Phi) is 12.1. The van der Waals surface area contributed by atoms with Crippen molar-refractivity contribution in [1.29, 1.82) is 0 Å². The van der Waals surface area contributed by atoms with Gasteiger partial charge in [-0.3, -0.25) is 33.8 Å². The molecule has 3 unspecified atom stereocenters. The van der Waals surface area contributed by atoms with E-state index in [2.05, 4.69) is 4.98 Å². The fourth-order valence-corrected chi connectivity index (χ4v) is 9.54. The Morgan fingerprint density at radius 1 is 0.820 bits per heavy atom. The van der Waals surface area contributed by atoms with Crippen LogP contribution in [0, 0.1) is 17.3 Å². The summed E-state index contributed by atoms with van der Waals surface area (Å²) in [5.74, 6) is -11.3. The van der Waals surface area contributed by atoms with E-state index in [1.165, 1.54) is 44.3 Å². The molecule has 2 aromatic heterocycles. The zero-order valence-corrected chi connectivity index (χ0v) is 34.7. The van der Waals surface area contributed by atoms with E-state index in [1.54, 1.807) is 0 Å². The van der Waals surface area contributed by atoms with E-state index in [0.717, 1.165) is 47.8 Å². The first-order chi connectivity index (χ1) is 28.6. The van der Waals surface area contributed by atoms with Gasteiger partial charge in [0.05, 0.1) is 29.4 Å². The lowest BCUT2D eigenvalue weighted by Crippen LogP contribution is -2.89. The van der Waals surface area contributed by atoms with Crippen LogP contribution in [0.1, 0.15) is 88.4 Å². The lowest BCUT2D eigenvalue weighted by atomic mass is 9.45. The van der Waals surface area contributed by atoms with Gasteiger partial charge in [0.15, 0.2) is 30.0 Å². The SMILES string of the molecule is CC(=O)OC[C@]12[C@H](OC(C)=O)[C@H](OC(C)=O)C3[C@@H](OC(C)=O)C14O[C@@]3(C)COC(=O)c1cccnc1CCC(C)C(=O)O[C@@H]([C@H](OC(=O)c1ccco1)[C@@H]2OC(C)=O)[C@]4(C)O. The summed E-state index contributed by atoms with van der Waals surface area (Å²) in [6.07, 6.45) is -9.67. The highest BCUT2D eigenvalue weighted by atomic mass is 16.7. The number of aliphatic hydroxyl groups is 1. The quantitative estimate of drug-likeness (QED) is 0.293. The predicted molar refractivity (Wildman–Crippen MR) is 197 cm³/mol. The van der Waals surface area contributed by atoms with Crippen LogP contribution in [0.3, 0.4) is 0 Å². The van der Waals surface area contributed by atoms with E-state index in [-0.39, 0.29) is 24.1 Å². The second kappa shape index (κ2) is 16.5. The third kappa shape index (κ3) is 7.59. The highest BCUT2D eigenvalue weighted by molar-refractivity contribution is 5.90. The van der Waals surface area contributed by atoms with Gasteiger partial charge in [-0.1, -0.05) is 6.92 Å². The second-order valence-electron chi connectivity index (χ2n) is 16.0. The van der Waals surface area contributed by atoms with Gasteiger partial charge in [0, 0.05) is 40.8 Å². The van der Waals surface area contributed by atoms with Crippen LogP contribution < -0.4 is 0 Å². The lowest BCUT2D eigenvalue weighted by molar-refractivity contribution is -0.386. The molecule has 0 radical (unpaired) electrons. The molecule has 0 aromatic carbocycles. The molecule has 6 rings (SSSR count). The first-order valence-corrected chi connectivity index (χ1v) is 19.4. The first kappa shape index (κ1) is 44.7. The molecule has 330 valence electrons. The fraction of sp³-hybridized carbons (Fsp3) is 0.585. The summed E-state index contributed by atoms with van der Waals surface area (Å²) in [4.78, 5) is 113. The molecule has 2 aliphatic carbocycles. The molecule has 0 amide bonds. The minimum atomic E-state index is -2.88. The Morgan fingerprint density at radius 3 is 2.03 bits per heavy atom. The number of furan rings is 1. The molecule has 2 aromatic rings. The monoisotopic (exact) mass is 857 g/mol. The molecule has 1 spiro atoms. The number of nitrogens with zero attached hydrogens (tertiary/aromatic N) is 1. The molecule has 4 bridgehead atoms. The third-order valence-corrected chi connectivity index (χ3v) is 11.8. The number of cyclic esters (lactones) is 1. The molecule has 4 heterocycles. The van der Waals surface area contributed by atoms with Crippen molar-refractivity contribution in [2.45, 2.75) is 122 Å². The van der Waals surface area contributed by atoms with Gasteiger partial charge in [-0.15, -0.1) is 0 Å². The maximum absolute atomic E-state index is 14.3. The summed E-state index contributed by atoms with van der Waals surface area (Å²) in [7, 11) is 0. The maximum atomic E-state index is 14.3. The van der Waals surface area contributed by atoms with Crippen molar-refractivity contribution in [2.75, 3.05) is 13.2 Å². The van der Waals surface area contributed by atoms with E-state index in [1.807, 2.05) is 0 Å². The van der Waals surface area contributed by atoms with Crippen LogP contribution in [0.5, 0.6) is 0 Å². The molecule has 2 saturated carbocycles. The average Bonchev–Trinajstić information content (AvgIpc) is 3.79. The van der Waals surface area contributed by atoms with Crippen LogP contribution in [0.25, 0.3) is 0 Å². The minimum absolute atomic E-state index is 0.0151. The average molecular weight is 858 g/mol. The second-order valence-corrected chi connectivity index (χ2v) is 16.0. The zero-order chi connectivity index (χ0) is 44.8. The number of fused-ring (bicyclic) bond motifs is 5. The van der Waals surface area contributed by atoms with E-state index in [0.29, 0.717) is 0 Å². The number of ether oxygens (including phenoxy) is 9. The Hall–Kier alpha value is -5.89. The smallest absolute Gasteiger partial charge is 0.374 e. The van der Waals surface area contributed by atoms with Crippen LogP contribution in [-0.2, 0) is 77.8 Å². The Morgan fingerprint density at radius 2 is 1.44 bits per heavy atom. The molecule has 2 aliphatic heterocycles. The Balaban J connectivity index is 1.77. The summed E-state index contributed by atoms with van der Waals surface area (Å²) in [5, 5.41) is 13.6. The molecular formula is C41H47NO19.